The molecular weight excluding hydrogens is 1050 g/mol. The summed E-state index contributed by atoms with van der Waals surface area (Å²) < 4.78 is 39.8. The molecule has 3 unspecified atom stereocenters. The fourth-order valence-electron chi connectivity index (χ4n) is 9.69. The van der Waals surface area contributed by atoms with Crippen molar-refractivity contribution in [2.24, 2.45) is 0 Å². The topological polar surface area (TPSA) is 155 Å². The van der Waals surface area contributed by atoms with E-state index in [0.717, 1.165) is 109 Å². The van der Waals surface area contributed by atoms with Crippen LogP contribution in [0.2, 0.25) is 0 Å². The predicted molar refractivity (Wildman–Crippen MR) is 344 cm³/mol. The molecule has 0 aromatic carbocycles. The predicted octanol–water partition coefficient (Wildman–Crippen LogP) is 21.0. The van der Waals surface area contributed by atoms with Gasteiger partial charge in [0.25, 0.3) is 0 Å². The van der Waals surface area contributed by atoms with Crippen LogP contribution in [-0.2, 0) is 42.2 Å². The first kappa shape index (κ1) is 79.2. The second-order valence-corrected chi connectivity index (χ2v) is 24.4. The monoisotopic (exact) mass is 1170 g/mol. The van der Waals surface area contributed by atoms with E-state index in [0.29, 0.717) is 19.3 Å². The number of phosphoric acid groups is 1. The molecule has 0 saturated heterocycles. The number of carbonyl (C=O) groups is 3. The van der Waals surface area contributed by atoms with E-state index >= 15 is 0 Å². The minimum atomic E-state index is -4.76. The zero-order valence-corrected chi connectivity index (χ0v) is 54.1. The van der Waals surface area contributed by atoms with Gasteiger partial charge in [-0.3, -0.25) is 23.4 Å². The van der Waals surface area contributed by atoms with Crippen molar-refractivity contribution >= 4 is 25.7 Å². The van der Waals surface area contributed by atoms with Crippen LogP contribution in [0.15, 0.2) is 60.8 Å². The summed E-state index contributed by atoms with van der Waals surface area (Å²) in [4.78, 5) is 48.9. The van der Waals surface area contributed by atoms with Gasteiger partial charge in [-0.15, -0.1) is 0 Å². The number of allylic oxidation sites excluding steroid dienone is 10. The lowest BCUT2D eigenvalue weighted by Crippen LogP contribution is -2.30. The van der Waals surface area contributed by atoms with Gasteiger partial charge < -0.3 is 24.2 Å². The Labute approximate surface area is 504 Å². The molecule has 0 heterocycles. The minimum Gasteiger partial charge on any atom is -0.462 e. The number of hydrogen-bond donors (Lipinski definition) is 2. The van der Waals surface area contributed by atoms with Crippen LogP contribution in [0.1, 0.15) is 329 Å². The van der Waals surface area contributed by atoms with Gasteiger partial charge in [-0.2, -0.15) is 0 Å². The molecule has 0 rings (SSSR count). The Hall–Kier alpha value is -2.82. The Bertz CT molecular complexity index is 1610. The summed E-state index contributed by atoms with van der Waals surface area (Å²) in [7, 11) is -4.76. The maximum Gasteiger partial charge on any atom is 0.472 e. The number of rotatable bonds is 64. The van der Waals surface area contributed by atoms with Gasteiger partial charge in [-0.25, -0.2) is 4.57 Å². The molecule has 0 fully saturated rings. The normalized spacial score (nSPS) is 13.6. The Morgan fingerprint density at radius 2 is 0.598 bits per heavy atom. The molecule has 0 spiro atoms. The molecular formula is C70H127O11P. The van der Waals surface area contributed by atoms with Crippen molar-refractivity contribution in [1.29, 1.82) is 0 Å². The third kappa shape index (κ3) is 61.7. The van der Waals surface area contributed by atoms with E-state index in [4.69, 9.17) is 23.3 Å². The van der Waals surface area contributed by atoms with Crippen molar-refractivity contribution in [2.75, 3.05) is 26.4 Å². The lowest BCUT2D eigenvalue weighted by molar-refractivity contribution is -0.161. The van der Waals surface area contributed by atoms with E-state index in [1.54, 1.807) is 0 Å². The number of ether oxygens (including phenoxy) is 3. The van der Waals surface area contributed by atoms with Gasteiger partial charge in [-0.1, -0.05) is 281 Å². The number of unbranched alkanes of at least 4 members (excludes halogenated alkanes) is 37. The van der Waals surface area contributed by atoms with Crippen molar-refractivity contribution < 1.29 is 52.2 Å². The van der Waals surface area contributed by atoms with E-state index in [1.807, 2.05) is 0 Å². The third-order valence-corrected chi connectivity index (χ3v) is 15.9. The number of phosphoric ester groups is 1. The van der Waals surface area contributed by atoms with E-state index in [1.165, 1.54) is 161 Å². The molecule has 0 aliphatic carbocycles. The number of carbonyl (C=O) groups excluding carboxylic acids is 3. The van der Waals surface area contributed by atoms with E-state index in [2.05, 4.69) is 81.5 Å². The third-order valence-electron chi connectivity index (χ3n) is 14.9. The minimum absolute atomic E-state index is 0.154. The van der Waals surface area contributed by atoms with Crippen LogP contribution < -0.4 is 0 Å². The molecule has 82 heavy (non-hydrogen) atoms. The summed E-state index contributed by atoms with van der Waals surface area (Å²) in [6, 6.07) is 0. The maximum atomic E-state index is 13.0. The number of esters is 3. The quantitative estimate of drug-likeness (QED) is 0.0197. The van der Waals surface area contributed by atoms with Gasteiger partial charge in [-0.05, 0) is 89.9 Å². The largest absolute Gasteiger partial charge is 0.472 e. The van der Waals surface area contributed by atoms with Crippen LogP contribution in [0.25, 0.3) is 0 Å². The smallest absolute Gasteiger partial charge is 0.462 e. The van der Waals surface area contributed by atoms with Gasteiger partial charge >= 0.3 is 25.7 Å². The van der Waals surface area contributed by atoms with Crippen LogP contribution >= 0.6 is 7.82 Å². The van der Waals surface area contributed by atoms with E-state index in [9.17, 15) is 28.9 Å². The number of hydrogen-bond acceptors (Lipinski definition) is 10. The highest BCUT2D eigenvalue weighted by molar-refractivity contribution is 7.47. The summed E-state index contributed by atoms with van der Waals surface area (Å²) in [5.74, 6) is -1.47. The average Bonchev–Trinajstić information content (AvgIpc) is 3.50. The molecule has 0 aromatic heterocycles. The van der Waals surface area contributed by atoms with Crippen LogP contribution in [0, 0.1) is 0 Å². The van der Waals surface area contributed by atoms with Crippen molar-refractivity contribution in [3.8, 4) is 0 Å². The highest BCUT2D eigenvalue weighted by atomic mass is 31.2. The molecule has 0 aromatic rings. The summed E-state index contributed by atoms with van der Waals surface area (Å²) in [5, 5.41) is 9.87. The molecule has 2 N–H and O–H groups in total. The lowest BCUT2D eigenvalue weighted by atomic mass is 10.0. The number of aliphatic hydroxyl groups is 1. The van der Waals surface area contributed by atoms with Crippen molar-refractivity contribution in [3.63, 3.8) is 0 Å². The first-order valence-electron chi connectivity index (χ1n) is 34.2. The zero-order chi connectivity index (χ0) is 59.8. The molecule has 0 bridgehead atoms. The van der Waals surface area contributed by atoms with E-state index < -0.39 is 57.8 Å². The molecule has 0 aliphatic rings. The van der Waals surface area contributed by atoms with Crippen molar-refractivity contribution in [1.82, 2.24) is 0 Å². The Balaban J connectivity index is 4.69. The van der Waals surface area contributed by atoms with Gasteiger partial charge in [0, 0.05) is 19.3 Å². The molecule has 0 amide bonds. The van der Waals surface area contributed by atoms with Gasteiger partial charge in [0.15, 0.2) is 6.10 Å². The highest BCUT2D eigenvalue weighted by Crippen LogP contribution is 2.43. The Morgan fingerprint density at radius 1 is 0.341 bits per heavy atom. The zero-order valence-electron chi connectivity index (χ0n) is 53.2. The molecule has 0 radical (unpaired) electrons. The molecule has 12 heteroatoms. The van der Waals surface area contributed by atoms with Crippen molar-refractivity contribution in [2.45, 2.75) is 341 Å². The van der Waals surface area contributed by atoms with Gasteiger partial charge in [0.05, 0.1) is 19.8 Å². The average molecular weight is 1180 g/mol. The summed E-state index contributed by atoms with van der Waals surface area (Å²) in [5.41, 5.74) is 0. The van der Waals surface area contributed by atoms with Gasteiger partial charge in [0.2, 0.25) is 0 Å². The van der Waals surface area contributed by atoms with Crippen molar-refractivity contribution in [3.05, 3.63) is 60.8 Å². The molecule has 3 atom stereocenters. The first-order valence-corrected chi connectivity index (χ1v) is 35.7. The summed E-state index contributed by atoms with van der Waals surface area (Å²) in [6.07, 6.45) is 73.1. The summed E-state index contributed by atoms with van der Waals surface area (Å²) >= 11 is 0. The number of aliphatic hydroxyl groups excluding tert-OH is 1. The standard InChI is InChI=1S/C70H127O11P/c1-4-7-10-13-16-19-22-25-28-31-33-36-38-41-44-47-50-53-56-59-68(72)77-63-67(81-70(74)61-58-55-52-49-46-43-40-37-34-32-29-26-23-20-17-14-11-8-5-2)65-79-82(75,76)78-64-66(62-71)80-69(73)60-57-54-51-48-45-42-39-35-30-27-24-21-18-15-12-9-6-3/h17-18,20-21,26-27,29-30,34,37,66-67,71H,4-16,19,22-25,28,31-33,35-36,38-65H2,1-3H3,(H,75,76)/b20-17-,21-18-,29-26-,30-27-,37-34-. The Morgan fingerprint density at radius 3 is 0.939 bits per heavy atom. The second-order valence-electron chi connectivity index (χ2n) is 23.0. The molecule has 478 valence electrons. The SMILES string of the molecule is CCCCC/C=C\C/C=C\C/C=C\CCCCCCCCC(=O)OC(COC(=O)CCCCCCCCCCCCCCCCCCCCC)COP(=O)(O)OCC(CO)OC(=O)CCCCCCCCC/C=C\C/C=C\CCCCC. The molecule has 0 saturated carbocycles. The fourth-order valence-corrected chi connectivity index (χ4v) is 10.5. The van der Waals surface area contributed by atoms with Crippen LogP contribution in [-0.4, -0.2) is 66.5 Å². The summed E-state index contributed by atoms with van der Waals surface area (Å²) in [6.45, 7) is 4.64. The molecule has 0 aliphatic heterocycles. The van der Waals surface area contributed by atoms with Crippen LogP contribution in [0.5, 0.6) is 0 Å². The van der Waals surface area contributed by atoms with Crippen LogP contribution in [0.4, 0.5) is 0 Å². The fraction of sp³-hybridized carbons (Fsp3) is 0.814. The van der Waals surface area contributed by atoms with Gasteiger partial charge in [0.1, 0.15) is 12.7 Å². The highest BCUT2D eigenvalue weighted by Gasteiger charge is 2.28. The maximum absolute atomic E-state index is 13.0. The van der Waals surface area contributed by atoms with E-state index in [-0.39, 0.29) is 25.9 Å². The molecule has 11 nitrogen and oxygen atoms in total. The first-order chi connectivity index (χ1) is 40.2. The Kier molecular flexibility index (Phi) is 62.0. The van der Waals surface area contributed by atoms with Crippen LogP contribution in [0.3, 0.4) is 0 Å². The lowest BCUT2D eigenvalue weighted by Gasteiger charge is -2.21. The second kappa shape index (κ2) is 64.2.